The molecule has 0 radical (unpaired) electrons. The van der Waals surface area contributed by atoms with Gasteiger partial charge in [0.05, 0.1) is 12.1 Å². The maximum absolute atomic E-state index is 5.95. The van der Waals surface area contributed by atoms with Crippen LogP contribution >= 0.6 is 0 Å². The minimum absolute atomic E-state index is 0.141. The molecule has 106 valence electrons. The highest BCUT2D eigenvalue weighted by molar-refractivity contribution is 5.79. The Bertz CT molecular complexity index is 590. The van der Waals surface area contributed by atoms with Crippen molar-refractivity contribution in [2.75, 3.05) is 13.2 Å². The standard InChI is InChI=1S/C17H22N2O/c1-17(2,11-19-14-6-7-14)12-20-15-8-5-13-4-3-9-18-16(13)10-15/h3-5,8-10,14,19H,6-7,11-12H2,1-2H3. The summed E-state index contributed by atoms with van der Waals surface area (Å²) in [5.41, 5.74) is 1.13. The van der Waals surface area contributed by atoms with E-state index in [9.17, 15) is 0 Å². The third-order valence-electron chi connectivity index (χ3n) is 3.65. The molecule has 1 heterocycles. The molecular weight excluding hydrogens is 248 g/mol. The maximum Gasteiger partial charge on any atom is 0.121 e. The molecule has 3 heteroatoms. The molecule has 3 nitrogen and oxygen atoms in total. The van der Waals surface area contributed by atoms with Crippen LogP contribution in [0.1, 0.15) is 26.7 Å². The Morgan fingerprint density at radius 3 is 2.95 bits per heavy atom. The molecule has 1 aliphatic carbocycles. The number of pyridine rings is 1. The Balaban J connectivity index is 1.60. The van der Waals surface area contributed by atoms with E-state index in [1.165, 1.54) is 12.8 Å². The van der Waals surface area contributed by atoms with E-state index in [0.29, 0.717) is 6.61 Å². The predicted molar refractivity (Wildman–Crippen MR) is 82.0 cm³/mol. The van der Waals surface area contributed by atoms with Gasteiger partial charge in [0.1, 0.15) is 5.75 Å². The lowest BCUT2D eigenvalue weighted by atomic mass is 9.95. The molecule has 1 N–H and O–H groups in total. The first-order valence-corrected chi connectivity index (χ1v) is 7.33. The molecule has 1 aliphatic rings. The van der Waals surface area contributed by atoms with Crippen molar-refractivity contribution in [1.29, 1.82) is 0 Å². The van der Waals surface area contributed by atoms with Crippen molar-refractivity contribution in [3.63, 3.8) is 0 Å². The highest BCUT2D eigenvalue weighted by Crippen LogP contribution is 2.24. The van der Waals surface area contributed by atoms with Crippen LogP contribution in [0.2, 0.25) is 0 Å². The first-order chi connectivity index (χ1) is 9.62. The number of rotatable bonds is 6. The molecule has 1 fully saturated rings. The van der Waals surface area contributed by atoms with E-state index in [0.717, 1.165) is 29.2 Å². The summed E-state index contributed by atoms with van der Waals surface area (Å²) >= 11 is 0. The van der Waals surface area contributed by atoms with Crippen LogP contribution in [-0.2, 0) is 0 Å². The highest BCUT2D eigenvalue weighted by atomic mass is 16.5. The van der Waals surface area contributed by atoms with Crippen LogP contribution in [0.15, 0.2) is 36.5 Å². The molecule has 1 aromatic carbocycles. The summed E-state index contributed by atoms with van der Waals surface area (Å²) in [6.45, 7) is 6.19. The minimum Gasteiger partial charge on any atom is -0.493 e. The summed E-state index contributed by atoms with van der Waals surface area (Å²) in [5.74, 6) is 0.899. The van der Waals surface area contributed by atoms with Gasteiger partial charge in [0.25, 0.3) is 0 Å². The van der Waals surface area contributed by atoms with Gasteiger partial charge in [-0.1, -0.05) is 19.9 Å². The van der Waals surface area contributed by atoms with Crippen molar-refractivity contribution in [2.24, 2.45) is 5.41 Å². The normalized spacial score (nSPS) is 15.5. The SMILES string of the molecule is CC(C)(CNC1CC1)COc1ccc2cccnc2c1. The number of ether oxygens (including phenoxy) is 1. The predicted octanol–water partition coefficient (Wildman–Crippen LogP) is 3.39. The van der Waals surface area contributed by atoms with Gasteiger partial charge in [0.2, 0.25) is 0 Å². The van der Waals surface area contributed by atoms with Gasteiger partial charge in [-0.3, -0.25) is 4.98 Å². The fourth-order valence-electron chi connectivity index (χ4n) is 2.17. The van der Waals surface area contributed by atoms with Crippen LogP contribution in [0, 0.1) is 5.41 Å². The zero-order valence-corrected chi connectivity index (χ0v) is 12.2. The van der Waals surface area contributed by atoms with E-state index in [4.69, 9.17) is 4.74 Å². The van der Waals surface area contributed by atoms with Gasteiger partial charge in [-0.15, -0.1) is 0 Å². The number of nitrogens with one attached hydrogen (secondary N) is 1. The Kier molecular flexibility index (Phi) is 3.62. The molecule has 0 spiro atoms. The molecule has 1 aromatic heterocycles. The quantitative estimate of drug-likeness (QED) is 0.873. The number of aromatic nitrogens is 1. The summed E-state index contributed by atoms with van der Waals surface area (Å²) in [4.78, 5) is 4.36. The first kappa shape index (κ1) is 13.4. The van der Waals surface area contributed by atoms with Gasteiger partial charge in [-0.2, -0.15) is 0 Å². The number of hydrogen-bond donors (Lipinski definition) is 1. The minimum atomic E-state index is 0.141. The molecule has 1 saturated carbocycles. The number of fused-ring (bicyclic) bond motifs is 1. The van der Waals surface area contributed by atoms with Gasteiger partial charge in [0.15, 0.2) is 0 Å². The molecular formula is C17H22N2O. The third-order valence-corrected chi connectivity index (χ3v) is 3.65. The average Bonchev–Trinajstić information content (AvgIpc) is 3.27. The molecule has 2 aromatic rings. The second-order valence-electron chi connectivity index (χ2n) is 6.47. The summed E-state index contributed by atoms with van der Waals surface area (Å²) < 4.78 is 5.95. The van der Waals surface area contributed by atoms with Crippen LogP contribution in [0.3, 0.4) is 0 Å². The zero-order chi connectivity index (χ0) is 14.0. The van der Waals surface area contributed by atoms with Gasteiger partial charge < -0.3 is 10.1 Å². The van der Waals surface area contributed by atoms with E-state index in [1.54, 1.807) is 0 Å². The van der Waals surface area contributed by atoms with Crippen molar-refractivity contribution in [1.82, 2.24) is 10.3 Å². The monoisotopic (exact) mass is 270 g/mol. The fourth-order valence-corrected chi connectivity index (χ4v) is 2.17. The lowest BCUT2D eigenvalue weighted by molar-refractivity contribution is 0.176. The summed E-state index contributed by atoms with van der Waals surface area (Å²) in [5, 5.41) is 4.72. The molecule has 20 heavy (non-hydrogen) atoms. The van der Waals surface area contributed by atoms with Crippen molar-refractivity contribution in [3.05, 3.63) is 36.5 Å². The number of hydrogen-bond acceptors (Lipinski definition) is 3. The molecule has 3 rings (SSSR count). The van der Waals surface area contributed by atoms with Crippen molar-refractivity contribution in [3.8, 4) is 5.75 Å². The van der Waals surface area contributed by atoms with E-state index in [2.05, 4.69) is 36.3 Å². The Morgan fingerprint density at radius 1 is 1.30 bits per heavy atom. The van der Waals surface area contributed by atoms with E-state index in [1.807, 2.05) is 24.4 Å². The second-order valence-corrected chi connectivity index (χ2v) is 6.47. The number of nitrogens with zero attached hydrogens (tertiary/aromatic N) is 1. The topological polar surface area (TPSA) is 34.1 Å². The lowest BCUT2D eigenvalue weighted by Gasteiger charge is -2.25. The lowest BCUT2D eigenvalue weighted by Crippen LogP contribution is -2.35. The van der Waals surface area contributed by atoms with Gasteiger partial charge >= 0.3 is 0 Å². The zero-order valence-electron chi connectivity index (χ0n) is 12.2. The van der Waals surface area contributed by atoms with Crippen molar-refractivity contribution < 1.29 is 4.74 Å². The molecule has 0 bridgehead atoms. The third kappa shape index (κ3) is 3.48. The van der Waals surface area contributed by atoms with Crippen LogP contribution in [0.4, 0.5) is 0 Å². The van der Waals surface area contributed by atoms with Gasteiger partial charge in [0, 0.05) is 35.7 Å². The Labute approximate surface area is 120 Å². The molecule has 0 atom stereocenters. The molecule has 0 aliphatic heterocycles. The Hall–Kier alpha value is -1.61. The van der Waals surface area contributed by atoms with Crippen LogP contribution in [-0.4, -0.2) is 24.2 Å². The first-order valence-electron chi connectivity index (χ1n) is 7.33. The van der Waals surface area contributed by atoms with E-state index >= 15 is 0 Å². The molecule has 0 unspecified atom stereocenters. The summed E-state index contributed by atoms with van der Waals surface area (Å²) in [6.07, 6.45) is 4.47. The van der Waals surface area contributed by atoms with Gasteiger partial charge in [-0.05, 0) is 31.0 Å². The fraction of sp³-hybridized carbons (Fsp3) is 0.471. The second kappa shape index (κ2) is 5.41. The maximum atomic E-state index is 5.95. The Morgan fingerprint density at radius 2 is 2.15 bits per heavy atom. The van der Waals surface area contributed by atoms with E-state index < -0.39 is 0 Å². The summed E-state index contributed by atoms with van der Waals surface area (Å²) in [6, 6.07) is 10.9. The summed E-state index contributed by atoms with van der Waals surface area (Å²) in [7, 11) is 0. The van der Waals surface area contributed by atoms with Crippen molar-refractivity contribution >= 4 is 10.9 Å². The highest BCUT2D eigenvalue weighted by Gasteiger charge is 2.25. The van der Waals surface area contributed by atoms with Crippen LogP contribution in [0.25, 0.3) is 10.9 Å². The molecule has 0 amide bonds. The van der Waals surface area contributed by atoms with Crippen LogP contribution < -0.4 is 10.1 Å². The molecule has 0 saturated heterocycles. The largest absolute Gasteiger partial charge is 0.493 e. The smallest absolute Gasteiger partial charge is 0.121 e. The number of benzene rings is 1. The average molecular weight is 270 g/mol. The van der Waals surface area contributed by atoms with Gasteiger partial charge in [-0.25, -0.2) is 0 Å². The van der Waals surface area contributed by atoms with Crippen molar-refractivity contribution in [2.45, 2.75) is 32.7 Å². The van der Waals surface area contributed by atoms with E-state index in [-0.39, 0.29) is 5.41 Å². The van der Waals surface area contributed by atoms with Crippen LogP contribution in [0.5, 0.6) is 5.75 Å².